The van der Waals surface area contributed by atoms with Crippen LogP contribution >= 0.6 is 0 Å². The van der Waals surface area contributed by atoms with Crippen molar-refractivity contribution >= 4 is 0 Å². The zero-order chi connectivity index (χ0) is 12.9. The average Bonchev–Trinajstić information content (AvgIpc) is 2.24. The minimum atomic E-state index is -4.08. The minimum Gasteiger partial charge on any atom is -0.314 e. The van der Waals surface area contributed by atoms with E-state index in [1.54, 1.807) is 7.05 Å². The van der Waals surface area contributed by atoms with Crippen molar-refractivity contribution in [2.24, 2.45) is 0 Å². The highest BCUT2D eigenvalue weighted by atomic mass is 19.4. The highest BCUT2D eigenvalue weighted by molar-refractivity contribution is 4.83. The Balaban J connectivity index is 2.37. The zero-order valence-electron chi connectivity index (χ0n) is 10.7. The van der Waals surface area contributed by atoms with Crippen LogP contribution in [0.1, 0.15) is 39.0 Å². The van der Waals surface area contributed by atoms with Crippen LogP contribution in [0.25, 0.3) is 0 Å². The van der Waals surface area contributed by atoms with Gasteiger partial charge in [-0.15, -0.1) is 0 Å². The summed E-state index contributed by atoms with van der Waals surface area (Å²) < 4.78 is 36.9. The van der Waals surface area contributed by atoms with Gasteiger partial charge in [0.15, 0.2) is 0 Å². The molecule has 1 rings (SSSR count). The molecular weight excluding hydrogens is 229 g/mol. The van der Waals surface area contributed by atoms with Crippen LogP contribution in [0.2, 0.25) is 0 Å². The maximum Gasteiger partial charge on any atom is 0.401 e. The summed E-state index contributed by atoms with van der Waals surface area (Å²) in [6.07, 6.45) is 0.826. The summed E-state index contributed by atoms with van der Waals surface area (Å²) in [7, 11) is 1.58. The van der Waals surface area contributed by atoms with Crippen LogP contribution in [0, 0.1) is 0 Å². The fourth-order valence-corrected chi connectivity index (χ4v) is 2.51. The van der Waals surface area contributed by atoms with Gasteiger partial charge in [-0.25, -0.2) is 0 Å². The molecule has 102 valence electrons. The van der Waals surface area contributed by atoms with Crippen LogP contribution in [-0.2, 0) is 0 Å². The molecule has 17 heavy (non-hydrogen) atoms. The molecule has 1 saturated carbocycles. The first kappa shape index (κ1) is 14.8. The lowest BCUT2D eigenvalue weighted by Gasteiger charge is -2.36. The predicted molar refractivity (Wildman–Crippen MR) is 63.0 cm³/mol. The highest BCUT2D eigenvalue weighted by Crippen LogP contribution is 2.25. The summed E-state index contributed by atoms with van der Waals surface area (Å²) in [5.74, 6) is 0. The van der Waals surface area contributed by atoms with E-state index in [1.807, 2.05) is 0 Å². The maximum atomic E-state index is 12.3. The van der Waals surface area contributed by atoms with Gasteiger partial charge < -0.3 is 5.32 Å². The normalized spacial score (nSPS) is 26.5. The van der Waals surface area contributed by atoms with Crippen molar-refractivity contribution in [1.29, 1.82) is 0 Å². The van der Waals surface area contributed by atoms with Crippen molar-refractivity contribution in [2.45, 2.75) is 57.3 Å². The lowest BCUT2D eigenvalue weighted by atomic mass is 9.90. The lowest BCUT2D eigenvalue weighted by Crippen LogP contribution is -2.45. The zero-order valence-corrected chi connectivity index (χ0v) is 10.7. The molecule has 0 saturated heterocycles. The van der Waals surface area contributed by atoms with Crippen LogP contribution in [0.4, 0.5) is 13.2 Å². The average molecular weight is 252 g/mol. The van der Waals surface area contributed by atoms with Crippen LogP contribution < -0.4 is 5.32 Å². The van der Waals surface area contributed by atoms with E-state index >= 15 is 0 Å². The van der Waals surface area contributed by atoms with Crippen molar-refractivity contribution < 1.29 is 13.2 Å². The number of hydrogen-bond donors (Lipinski definition) is 1. The smallest absolute Gasteiger partial charge is 0.314 e. The fourth-order valence-electron chi connectivity index (χ4n) is 2.51. The molecule has 5 heteroatoms. The first-order valence-corrected chi connectivity index (χ1v) is 6.42. The van der Waals surface area contributed by atoms with Gasteiger partial charge in [-0.05, 0) is 39.3 Å². The van der Waals surface area contributed by atoms with Crippen molar-refractivity contribution in [1.82, 2.24) is 10.2 Å². The van der Waals surface area contributed by atoms with Crippen LogP contribution in [0.5, 0.6) is 0 Å². The third-order valence-corrected chi connectivity index (χ3v) is 3.38. The van der Waals surface area contributed by atoms with E-state index < -0.39 is 12.7 Å². The second kappa shape index (κ2) is 6.59. The van der Waals surface area contributed by atoms with Crippen LogP contribution in [0.15, 0.2) is 0 Å². The van der Waals surface area contributed by atoms with Gasteiger partial charge >= 0.3 is 6.18 Å². The Kier molecular flexibility index (Phi) is 5.73. The number of halogens is 3. The molecule has 0 heterocycles. The number of nitrogens with one attached hydrogen (secondary N) is 1. The Morgan fingerprint density at radius 1 is 1.29 bits per heavy atom. The largest absolute Gasteiger partial charge is 0.401 e. The maximum absolute atomic E-state index is 12.3. The van der Waals surface area contributed by atoms with E-state index in [-0.39, 0.29) is 6.04 Å². The first-order chi connectivity index (χ1) is 7.92. The molecule has 1 fully saturated rings. The molecule has 1 aliphatic carbocycles. The van der Waals surface area contributed by atoms with Gasteiger partial charge in [-0.2, -0.15) is 13.2 Å². The third-order valence-electron chi connectivity index (χ3n) is 3.38. The standard InChI is InChI=1S/C12H23F3N2/c1-3-7-16-10-5-4-6-11(8-10)17(2)9-12(13,14)15/h10-11,16H,3-9H2,1-2H3. The number of hydrogen-bond acceptors (Lipinski definition) is 2. The Morgan fingerprint density at radius 2 is 2.00 bits per heavy atom. The minimum absolute atomic E-state index is 0.0692. The monoisotopic (exact) mass is 252 g/mol. The topological polar surface area (TPSA) is 15.3 Å². The van der Waals surface area contributed by atoms with Gasteiger partial charge in [0.1, 0.15) is 0 Å². The Morgan fingerprint density at radius 3 is 2.59 bits per heavy atom. The molecular formula is C12H23F3N2. The summed E-state index contributed by atoms with van der Waals surface area (Å²) >= 11 is 0. The summed E-state index contributed by atoms with van der Waals surface area (Å²) in [4.78, 5) is 1.46. The molecule has 2 nitrogen and oxygen atoms in total. The molecule has 0 aromatic heterocycles. The molecule has 0 spiro atoms. The molecule has 0 aromatic carbocycles. The fraction of sp³-hybridized carbons (Fsp3) is 1.00. The molecule has 0 amide bonds. The van der Waals surface area contributed by atoms with Gasteiger partial charge in [0.25, 0.3) is 0 Å². The van der Waals surface area contributed by atoms with E-state index in [0.717, 1.165) is 38.6 Å². The van der Waals surface area contributed by atoms with E-state index in [4.69, 9.17) is 0 Å². The third kappa shape index (κ3) is 5.73. The Hall–Kier alpha value is -0.290. The van der Waals surface area contributed by atoms with Gasteiger partial charge in [-0.1, -0.05) is 13.3 Å². The second-order valence-corrected chi connectivity index (χ2v) is 5.00. The first-order valence-electron chi connectivity index (χ1n) is 6.42. The molecule has 0 aromatic rings. The van der Waals surface area contributed by atoms with Gasteiger partial charge in [0, 0.05) is 12.1 Å². The van der Waals surface area contributed by atoms with E-state index in [9.17, 15) is 13.2 Å². The van der Waals surface area contributed by atoms with E-state index in [1.165, 1.54) is 4.90 Å². The second-order valence-electron chi connectivity index (χ2n) is 5.00. The summed E-state index contributed by atoms with van der Waals surface area (Å²) in [6, 6.07) is 0.462. The summed E-state index contributed by atoms with van der Waals surface area (Å²) in [5, 5.41) is 3.41. The SMILES string of the molecule is CCCNC1CCCC(N(C)CC(F)(F)F)C1. The van der Waals surface area contributed by atoms with Gasteiger partial charge in [0.2, 0.25) is 0 Å². The summed E-state index contributed by atoms with van der Waals surface area (Å²) in [6.45, 7) is 2.27. The Bertz CT molecular complexity index is 218. The van der Waals surface area contributed by atoms with Crippen molar-refractivity contribution in [3.63, 3.8) is 0 Å². The quantitative estimate of drug-likeness (QED) is 0.809. The van der Waals surface area contributed by atoms with Crippen molar-refractivity contribution in [3.05, 3.63) is 0 Å². The molecule has 1 aliphatic rings. The van der Waals surface area contributed by atoms with Crippen LogP contribution in [0.3, 0.4) is 0 Å². The van der Waals surface area contributed by atoms with Crippen molar-refractivity contribution in [3.8, 4) is 0 Å². The number of rotatable bonds is 5. The van der Waals surface area contributed by atoms with Gasteiger partial charge in [0.05, 0.1) is 6.54 Å². The molecule has 2 atom stereocenters. The highest BCUT2D eigenvalue weighted by Gasteiger charge is 2.33. The number of alkyl halides is 3. The molecule has 0 aliphatic heterocycles. The van der Waals surface area contributed by atoms with Crippen molar-refractivity contribution in [2.75, 3.05) is 20.1 Å². The molecule has 2 unspecified atom stereocenters. The van der Waals surface area contributed by atoms with E-state index in [2.05, 4.69) is 12.2 Å². The summed E-state index contributed by atoms with van der Waals surface area (Å²) in [5.41, 5.74) is 0. The molecule has 0 bridgehead atoms. The molecule has 1 N–H and O–H groups in total. The number of nitrogens with zero attached hydrogens (tertiary/aromatic N) is 1. The predicted octanol–water partition coefficient (Wildman–Crippen LogP) is 2.79. The van der Waals surface area contributed by atoms with E-state index in [0.29, 0.717) is 6.04 Å². The van der Waals surface area contributed by atoms with Gasteiger partial charge in [-0.3, -0.25) is 4.90 Å². The molecule has 0 radical (unpaired) electrons. The lowest BCUT2D eigenvalue weighted by molar-refractivity contribution is -0.148. The Labute approximate surface area is 102 Å². The van der Waals surface area contributed by atoms with Crippen LogP contribution in [-0.4, -0.2) is 43.3 Å².